The molecule has 0 unspecified atom stereocenters. The summed E-state index contributed by atoms with van der Waals surface area (Å²) in [7, 11) is 0. The van der Waals surface area contributed by atoms with E-state index in [0.717, 1.165) is 96.2 Å². The molecule has 5 nitrogen and oxygen atoms in total. The molecular formula is C37H44N4OOs. The van der Waals surface area contributed by atoms with Crippen LogP contribution in [0.1, 0.15) is 126 Å². The fraction of sp³-hybridized carbons (Fsp3) is 0.432. The maximum atomic E-state index is 7.50. The molecule has 0 amide bonds. The molecule has 0 saturated carbocycles. The summed E-state index contributed by atoms with van der Waals surface area (Å²) >= 11 is 0. The van der Waals surface area contributed by atoms with Crippen molar-refractivity contribution in [3.63, 3.8) is 0 Å². The number of hydrogen-bond donors (Lipinski definition) is 0. The summed E-state index contributed by atoms with van der Waals surface area (Å²) in [6.45, 7) is 22.4. The SMILES string of the molecule is CCC1=C(CC)c2cc3[n-]c(cc4nc(cc5[n-]c(cc1n2)c(CC)c5CC)C(CC)=C4CC)c(CC)c3CC.[C-]#[O+].[Os+2]. The molecule has 5 heterocycles. The van der Waals surface area contributed by atoms with Crippen LogP contribution in [0, 0.1) is 6.65 Å². The average molecular weight is 751 g/mol. The van der Waals surface area contributed by atoms with Gasteiger partial charge in [-0.3, -0.25) is 0 Å². The minimum absolute atomic E-state index is 0. The van der Waals surface area contributed by atoms with Crippen LogP contribution in [-0.4, -0.2) is 9.97 Å². The van der Waals surface area contributed by atoms with Gasteiger partial charge < -0.3 is 9.97 Å². The van der Waals surface area contributed by atoms with E-state index in [2.05, 4.69) is 86.3 Å². The predicted molar refractivity (Wildman–Crippen MR) is 175 cm³/mol. The molecule has 0 saturated heterocycles. The van der Waals surface area contributed by atoms with Gasteiger partial charge in [-0.05, 0) is 73.7 Å². The Morgan fingerprint density at radius 2 is 0.651 bits per heavy atom. The molecule has 3 aromatic heterocycles. The van der Waals surface area contributed by atoms with Gasteiger partial charge >= 0.3 is 31.1 Å². The number of allylic oxidation sites excluding steroid dienone is 4. The molecule has 0 aliphatic carbocycles. The number of aromatic nitrogens is 4. The Morgan fingerprint density at radius 1 is 0.442 bits per heavy atom. The van der Waals surface area contributed by atoms with Crippen molar-refractivity contribution in [3.8, 4) is 0 Å². The van der Waals surface area contributed by atoms with Gasteiger partial charge in [0, 0.05) is 0 Å². The Balaban J connectivity index is 0.00000165. The van der Waals surface area contributed by atoms with E-state index in [0.29, 0.717) is 0 Å². The van der Waals surface area contributed by atoms with Gasteiger partial charge in [-0.2, -0.15) is 0 Å². The topological polar surface area (TPSA) is 73.9 Å². The first kappa shape index (κ1) is 34.5. The monoisotopic (exact) mass is 752 g/mol. The molecule has 0 N–H and O–H groups in total. The second-order valence-corrected chi connectivity index (χ2v) is 10.8. The van der Waals surface area contributed by atoms with E-state index in [-0.39, 0.29) is 19.8 Å². The molecule has 5 rings (SSSR count). The van der Waals surface area contributed by atoms with Crippen LogP contribution in [0.5, 0.6) is 0 Å². The minimum atomic E-state index is 0. The third-order valence-electron chi connectivity index (χ3n) is 8.82. The molecule has 0 spiro atoms. The smallest absolute Gasteiger partial charge is 2.00 e. The van der Waals surface area contributed by atoms with Crippen molar-refractivity contribution >= 4 is 44.4 Å². The van der Waals surface area contributed by atoms with E-state index in [1.807, 2.05) is 0 Å². The molecule has 226 valence electrons. The molecule has 0 atom stereocenters. The molecule has 0 fully saturated rings. The quantitative estimate of drug-likeness (QED) is 0.170. The molecule has 8 bridgehead atoms. The Kier molecular flexibility index (Phi) is 12.1. The van der Waals surface area contributed by atoms with Gasteiger partial charge in [-0.15, -0.1) is 22.1 Å². The summed E-state index contributed by atoms with van der Waals surface area (Å²) in [5, 5.41) is 0. The Bertz CT molecular complexity index is 1490. The molecule has 2 aliphatic heterocycles. The Labute approximate surface area is 270 Å². The summed E-state index contributed by atoms with van der Waals surface area (Å²) < 4.78 is 7.50. The fourth-order valence-electron chi connectivity index (χ4n) is 6.92. The van der Waals surface area contributed by atoms with Crippen molar-refractivity contribution in [1.29, 1.82) is 0 Å². The normalized spacial score (nSPS) is 12.7. The van der Waals surface area contributed by atoms with Crippen LogP contribution in [0.4, 0.5) is 0 Å². The van der Waals surface area contributed by atoms with Crippen molar-refractivity contribution in [3.05, 3.63) is 75.9 Å². The zero-order valence-corrected chi connectivity index (χ0v) is 29.6. The van der Waals surface area contributed by atoms with Crippen LogP contribution in [0.25, 0.3) is 44.4 Å². The van der Waals surface area contributed by atoms with Crippen LogP contribution >= 0.6 is 0 Å². The van der Waals surface area contributed by atoms with Crippen LogP contribution in [0.3, 0.4) is 0 Å². The van der Waals surface area contributed by atoms with Crippen LogP contribution < -0.4 is 9.97 Å². The van der Waals surface area contributed by atoms with Crippen LogP contribution in [0.2, 0.25) is 0 Å². The second-order valence-electron chi connectivity index (χ2n) is 10.8. The van der Waals surface area contributed by atoms with Gasteiger partial charge in [0.25, 0.3) is 0 Å². The van der Waals surface area contributed by atoms with Crippen LogP contribution in [0.15, 0.2) is 24.3 Å². The summed E-state index contributed by atoms with van der Waals surface area (Å²) in [6.07, 6.45) is 7.60. The van der Waals surface area contributed by atoms with Crippen molar-refractivity contribution in [1.82, 2.24) is 19.9 Å². The first-order valence-electron chi connectivity index (χ1n) is 15.8. The van der Waals surface area contributed by atoms with E-state index in [1.165, 1.54) is 44.5 Å². The molecule has 0 radical (unpaired) electrons. The largest absolute Gasteiger partial charge is 2.00 e. The molecule has 6 heteroatoms. The van der Waals surface area contributed by atoms with Crippen molar-refractivity contribution in [2.24, 2.45) is 0 Å². The standard InChI is InChI=1S/C36H44N4.CO.Os/c1-9-21-22(10-2)30-18-32-25(13-5)26(14-6)34(39-32)20-36-28(16-8)27(15-7)35(40-36)19-33-24(12-4)23(11-3)31(38-33)17-29(21)37-30;1-2;/h17-20H,9-16H2,1-8H3;;/q-2;;+2. The first-order chi connectivity index (χ1) is 20.5. The zero-order valence-electron chi connectivity index (χ0n) is 27.0. The number of rotatable bonds is 8. The average Bonchev–Trinajstić information content (AvgIpc) is 3.73. The van der Waals surface area contributed by atoms with Crippen molar-refractivity contribution < 1.29 is 24.4 Å². The number of aryl methyl sites for hydroxylation is 4. The third kappa shape index (κ3) is 6.16. The van der Waals surface area contributed by atoms with Gasteiger partial charge in [0.1, 0.15) is 0 Å². The fourth-order valence-corrected chi connectivity index (χ4v) is 6.92. The summed E-state index contributed by atoms with van der Waals surface area (Å²) in [5.41, 5.74) is 19.1. The minimum Gasteiger partial charge on any atom is 2.00 e. The molecule has 2 aliphatic rings. The third-order valence-corrected chi connectivity index (χ3v) is 8.82. The zero-order chi connectivity index (χ0) is 30.6. The first-order valence-corrected chi connectivity index (χ1v) is 15.8. The maximum absolute atomic E-state index is 7.50. The number of hydrogen-bond acceptors (Lipinski definition) is 2. The van der Waals surface area contributed by atoms with Crippen molar-refractivity contribution in [2.75, 3.05) is 0 Å². The van der Waals surface area contributed by atoms with Crippen molar-refractivity contribution in [2.45, 2.75) is 107 Å². The van der Waals surface area contributed by atoms with Gasteiger partial charge in [0.2, 0.25) is 0 Å². The maximum Gasteiger partial charge on any atom is 2.00 e. The molecular weight excluding hydrogens is 707 g/mol. The number of fused-ring (bicyclic) bond motifs is 8. The van der Waals surface area contributed by atoms with Gasteiger partial charge in [0.15, 0.2) is 0 Å². The number of nitrogens with zero attached hydrogens (tertiary/aromatic N) is 4. The van der Waals surface area contributed by atoms with E-state index >= 15 is 0 Å². The molecule has 0 aromatic carbocycles. The summed E-state index contributed by atoms with van der Waals surface area (Å²) in [6, 6.07) is 8.98. The molecule has 43 heavy (non-hydrogen) atoms. The van der Waals surface area contributed by atoms with Gasteiger partial charge in [0.05, 0.1) is 22.8 Å². The van der Waals surface area contributed by atoms with E-state index in [4.69, 9.17) is 24.6 Å². The van der Waals surface area contributed by atoms with E-state index in [9.17, 15) is 0 Å². The summed E-state index contributed by atoms with van der Waals surface area (Å²) in [5.74, 6) is 0. The van der Waals surface area contributed by atoms with Gasteiger partial charge in [-0.1, -0.05) is 102 Å². The van der Waals surface area contributed by atoms with E-state index in [1.54, 1.807) is 0 Å². The Morgan fingerprint density at radius 3 is 0.814 bits per heavy atom. The molecule has 3 aromatic rings. The second kappa shape index (κ2) is 15.1. The Hall–Kier alpha value is -3.02. The van der Waals surface area contributed by atoms with Crippen LogP contribution in [-0.2, 0) is 50.1 Å². The predicted octanol–water partition coefficient (Wildman–Crippen LogP) is 9.24. The summed E-state index contributed by atoms with van der Waals surface area (Å²) in [4.78, 5) is 21.0. The van der Waals surface area contributed by atoms with Gasteiger partial charge in [-0.25, -0.2) is 9.97 Å². The van der Waals surface area contributed by atoms with E-state index < -0.39 is 0 Å².